The SMILES string of the molecule is NC1(c2nc3c(s2)CCC3)COCc2ccccc21. The molecule has 2 aliphatic rings. The van der Waals surface area contributed by atoms with Crippen molar-refractivity contribution in [3.05, 3.63) is 51.0 Å². The number of benzene rings is 1. The number of hydrogen-bond acceptors (Lipinski definition) is 4. The lowest BCUT2D eigenvalue weighted by molar-refractivity contribution is 0.0671. The Morgan fingerprint density at radius 1 is 1.26 bits per heavy atom. The molecule has 3 nitrogen and oxygen atoms in total. The highest BCUT2D eigenvalue weighted by molar-refractivity contribution is 7.12. The van der Waals surface area contributed by atoms with Gasteiger partial charge in [0.15, 0.2) is 0 Å². The molecule has 2 N–H and O–H groups in total. The van der Waals surface area contributed by atoms with Crippen LogP contribution in [0, 0.1) is 0 Å². The van der Waals surface area contributed by atoms with E-state index in [2.05, 4.69) is 12.1 Å². The van der Waals surface area contributed by atoms with E-state index in [4.69, 9.17) is 15.5 Å². The van der Waals surface area contributed by atoms with Gasteiger partial charge in [0.2, 0.25) is 0 Å². The number of rotatable bonds is 1. The molecule has 1 atom stereocenters. The second-order valence-electron chi connectivity index (χ2n) is 5.36. The van der Waals surface area contributed by atoms with Crippen molar-refractivity contribution in [1.82, 2.24) is 4.98 Å². The van der Waals surface area contributed by atoms with Crippen LogP contribution in [0.4, 0.5) is 0 Å². The Labute approximate surface area is 116 Å². The standard InChI is InChI=1S/C15H16N2OS/c16-15(14-17-12-6-3-7-13(12)19-14)9-18-8-10-4-1-2-5-11(10)15/h1-2,4-5H,3,6-9,16H2. The van der Waals surface area contributed by atoms with E-state index in [0.29, 0.717) is 13.2 Å². The highest BCUT2D eigenvalue weighted by atomic mass is 32.1. The smallest absolute Gasteiger partial charge is 0.120 e. The van der Waals surface area contributed by atoms with Crippen molar-refractivity contribution in [2.45, 2.75) is 31.4 Å². The first-order chi connectivity index (χ1) is 9.27. The third-order valence-corrected chi connectivity index (χ3v) is 5.40. The first kappa shape index (κ1) is 11.6. The Kier molecular flexibility index (Phi) is 2.52. The van der Waals surface area contributed by atoms with Gasteiger partial charge >= 0.3 is 0 Å². The maximum Gasteiger partial charge on any atom is 0.120 e. The maximum atomic E-state index is 6.68. The molecule has 0 saturated carbocycles. The molecule has 1 aliphatic carbocycles. The monoisotopic (exact) mass is 272 g/mol. The minimum atomic E-state index is -0.566. The average Bonchev–Trinajstić information content (AvgIpc) is 3.00. The molecule has 2 heterocycles. The van der Waals surface area contributed by atoms with Gasteiger partial charge in [-0.3, -0.25) is 0 Å². The molecule has 1 aromatic heterocycles. The summed E-state index contributed by atoms with van der Waals surface area (Å²) in [4.78, 5) is 6.22. The van der Waals surface area contributed by atoms with Crippen molar-refractivity contribution in [2.24, 2.45) is 5.73 Å². The van der Waals surface area contributed by atoms with Gasteiger partial charge in [-0.1, -0.05) is 24.3 Å². The molecule has 98 valence electrons. The molecule has 4 heteroatoms. The van der Waals surface area contributed by atoms with Crippen LogP contribution in [0.3, 0.4) is 0 Å². The van der Waals surface area contributed by atoms with Crippen molar-refractivity contribution in [2.75, 3.05) is 6.61 Å². The fourth-order valence-electron chi connectivity index (χ4n) is 3.04. The molecule has 1 unspecified atom stereocenters. The summed E-state index contributed by atoms with van der Waals surface area (Å²) in [6.07, 6.45) is 3.50. The molecule has 19 heavy (non-hydrogen) atoms. The van der Waals surface area contributed by atoms with Crippen molar-refractivity contribution in [3.8, 4) is 0 Å². The Morgan fingerprint density at radius 3 is 3.05 bits per heavy atom. The molecule has 1 aromatic carbocycles. The van der Waals surface area contributed by atoms with Crippen LogP contribution in [0.5, 0.6) is 0 Å². The Morgan fingerprint density at radius 2 is 2.16 bits per heavy atom. The number of ether oxygens (including phenoxy) is 1. The number of nitrogens with zero attached hydrogens (tertiary/aromatic N) is 1. The molecule has 0 bridgehead atoms. The summed E-state index contributed by atoms with van der Waals surface area (Å²) in [5.41, 5.74) is 9.73. The number of hydrogen-bond donors (Lipinski definition) is 1. The Hall–Kier alpha value is -1.23. The summed E-state index contributed by atoms with van der Waals surface area (Å²) in [5.74, 6) is 0. The number of aromatic nitrogens is 1. The van der Waals surface area contributed by atoms with E-state index < -0.39 is 5.54 Å². The van der Waals surface area contributed by atoms with Gasteiger partial charge in [-0.05, 0) is 30.4 Å². The minimum Gasteiger partial charge on any atom is -0.374 e. The van der Waals surface area contributed by atoms with Crippen molar-refractivity contribution >= 4 is 11.3 Å². The Bertz CT molecular complexity index is 615. The molecule has 2 aromatic rings. The van der Waals surface area contributed by atoms with Gasteiger partial charge in [0, 0.05) is 4.88 Å². The lowest BCUT2D eigenvalue weighted by atomic mass is 9.87. The molecule has 0 amide bonds. The van der Waals surface area contributed by atoms with E-state index in [1.54, 1.807) is 11.3 Å². The van der Waals surface area contributed by atoms with E-state index in [-0.39, 0.29) is 0 Å². The van der Waals surface area contributed by atoms with Gasteiger partial charge in [-0.2, -0.15) is 0 Å². The summed E-state index contributed by atoms with van der Waals surface area (Å²) < 4.78 is 5.71. The van der Waals surface area contributed by atoms with Crippen molar-refractivity contribution in [3.63, 3.8) is 0 Å². The molecular weight excluding hydrogens is 256 g/mol. The maximum absolute atomic E-state index is 6.68. The lowest BCUT2D eigenvalue weighted by Crippen LogP contribution is -2.45. The normalized spacial score (nSPS) is 25.1. The van der Waals surface area contributed by atoms with Crippen LogP contribution in [0.15, 0.2) is 24.3 Å². The van der Waals surface area contributed by atoms with Crippen LogP contribution in [0.1, 0.15) is 33.1 Å². The van der Waals surface area contributed by atoms with Gasteiger partial charge in [0.05, 0.1) is 18.9 Å². The zero-order valence-corrected chi connectivity index (χ0v) is 11.5. The second kappa shape index (κ2) is 4.13. The third-order valence-electron chi connectivity index (χ3n) is 4.06. The number of aryl methyl sites for hydroxylation is 2. The van der Waals surface area contributed by atoms with Gasteiger partial charge in [0.1, 0.15) is 10.5 Å². The highest BCUT2D eigenvalue weighted by Crippen LogP contribution is 2.39. The van der Waals surface area contributed by atoms with Crippen molar-refractivity contribution in [1.29, 1.82) is 0 Å². The predicted molar refractivity (Wildman–Crippen MR) is 75.2 cm³/mol. The molecule has 4 rings (SSSR count). The molecule has 0 saturated heterocycles. The summed E-state index contributed by atoms with van der Waals surface area (Å²) in [6.45, 7) is 1.18. The fraction of sp³-hybridized carbons (Fsp3) is 0.400. The van der Waals surface area contributed by atoms with Crippen LogP contribution < -0.4 is 5.73 Å². The van der Waals surface area contributed by atoms with Crippen LogP contribution in [0.25, 0.3) is 0 Å². The molecular formula is C15H16N2OS. The average molecular weight is 272 g/mol. The van der Waals surface area contributed by atoms with Gasteiger partial charge in [0.25, 0.3) is 0 Å². The van der Waals surface area contributed by atoms with E-state index in [1.807, 2.05) is 12.1 Å². The van der Waals surface area contributed by atoms with Gasteiger partial charge in [-0.25, -0.2) is 4.98 Å². The predicted octanol–water partition coefficient (Wildman–Crippen LogP) is 2.36. The van der Waals surface area contributed by atoms with Gasteiger partial charge in [-0.15, -0.1) is 11.3 Å². The van der Waals surface area contributed by atoms with E-state index in [9.17, 15) is 0 Å². The van der Waals surface area contributed by atoms with Gasteiger partial charge < -0.3 is 10.5 Å². The van der Waals surface area contributed by atoms with E-state index >= 15 is 0 Å². The van der Waals surface area contributed by atoms with Crippen LogP contribution in [-0.4, -0.2) is 11.6 Å². The summed E-state index contributed by atoms with van der Waals surface area (Å²) in [7, 11) is 0. The Balaban J connectivity index is 1.85. The topological polar surface area (TPSA) is 48.1 Å². The van der Waals surface area contributed by atoms with E-state index in [0.717, 1.165) is 17.8 Å². The van der Waals surface area contributed by atoms with Crippen molar-refractivity contribution < 1.29 is 4.74 Å². The number of nitrogens with two attached hydrogens (primary N) is 1. The third kappa shape index (κ3) is 1.67. The highest BCUT2D eigenvalue weighted by Gasteiger charge is 2.39. The first-order valence-electron chi connectivity index (χ1n) is 6.71. The summed E-state index contributed by atoms with van der Waals surface area (Å²) in [6, 6.07) is 8.30. The van der Waals surface area contributed by atoms with Crippen LogP contribution in [0.2, 0.25) is 0 Å². The summed E-state index contributed by atoms with van der Waals surface area (Å²) in [5, 5.41) is 1.02. The molecule has 0 spiro atoms. The quantitative estimate of drug-likeness (QED) is 0.867. The zero-order valence-electron chi connectivity index (χ0n) is 10.7. The molecule has 1 aliphatic heterocycles. The fourth-order valence-corrected chi connectivity index (χ4v) is 4.29. The second-order valence-corrected chi connectivity index (χ2v) is 6.45. The minimum absolute atomic E-state index is 0.524. The zero-order chi connectivity index (χ0) is 12.9. The van der Waals surface area contributed by atoms with Crippen LogP contribution >= 0.6 is 11.3 Å². The van der Waals surface area contributed by atoms with E-state index in [1.165, 1.54) is 28.1 Å². The number of thiazole rings is 1. The molecule has 0 fully saturated rings. The first-order valence-corrected chi connectivity index (χ1v) is 7.53. The number of fused-ring (bicyclic) bond motifs is 2. The molecule has 0 radical (unpaired) electrons. The van der Waals surface area contributed by atoms with Crippen LogP contribution in [-0.2, 0) is 29.7 Å². The lowest BCUT2D eigenvalue weighted by Gasteiger charge is -2.33. The largest absolute Gasteiger partial charge is 0.374 e. The summed E-state index contributed by atoms with van der Waals surface area (Å²) >= 11 is 1.77.